The number of nitrogens with one attached hydrogen (secondary N) is 1. The summed E-state index contributed by atoms with van der Waals surface area (Å²) in [6, 6.07) is 10.3. The zero-order valence-electron chi connectivity index (χ0n) is 16.3. The second kappa shape index (κ2) is 8.54. The van der Waals surface area contributed by atoms with Crippen LogP contribution in [0, 0.1) is 0 Å². The molecule has 1 unspecified atom stereocenters. The molecule has 152 valence electrons. The smallest absolute Gasteiger partial charge is 0.264 e. The highest BCUT2D eigenvalue weighted by molar-refractivity contribution is 5.77. The molecule has 0 bridgehead atoms. The Morgan fingerprint density at radius 3 is 2.97 bits per heavy atom. The van der Waals surface area contributed by atoms with Crippen molar-refractivity contribution in [1.82, 2.24) is 29.5 Å². The van der Waals surface area contributed by atoms with Gasteiger partial charge in [-0.2, -0.15) is 5.10 Å². The average Bonchev–Trinajstić information content (AvgIpc) is 3.11. The predicted molar refractivity (Wildman–Crippen MR) is 107 cm³/mol. The second-order valence-electron chi connectivity index (χ2n) is 7.20. The van der Waals surface area contributed by atoms with E-state index >= 15 is 0 Å². The predicted octanol–water partition coefficient (Wildman–Crippen LogP) is 0.147. The second-order valence-corrected chi connectivity index (χ2v) is 7.20. The van der Waals surface area contributed by atoms with Gasteiger partial charge in [0.2, 0.25) is 5.91 Å². The van der Waals surface area contributed by atoms with Gasteiger partial charge in [0.05, 0.1) is 18.9 Å². The minimum absolute atomic E-state index is 0.0768. The third kappa shape index (κ3) is 4.52. The Kier molecular flexibility index (Phi) is 5.68. The first-order chi connectivity index (χ1) is 14.1. The Bertz CT molecular complexity index is 1050. The van der Waals surface area contributed by atoms with Gasteiger partial charge >= 0.3 is 0 Å². The van der Waals surface area contributed by atoms with Gasteiger partial charge in [0.25, 0.3) is 5.56 Å². The van der Waals surface area contributed by atoms with E-state index in [2.05, 4.69) is 32.4 Å². The van der Waals surface area contributed by atoms with E-state index in [0.717, 1.165) is 19.6 Å². The fourth-order valence-electron chi connectivity index (χ4n) is 3.51. The zero-order chi connectivity index (χ0) is 20.2. The highest BCUT2D eigenvalue weighted by atomic mass is 16.5. The molecule has 4 rings (SSSR count). The summed E-state index contributed by atoms with van der Waals surface area (Å²) in [5.74, 6) is -0.249. The minimum Gasteiger partial charge on any atom is -0.374 e. The van der Waals surface area contributed by atoms with Crippen LogP contribution in [0.5, 0.6) is 0 Å². The first kappa shape index (κ1) is 19.3. The quantitative estimate of drug-likeness (QED) is 0.637. The monoisotopic (exact) mass is 396 g/mol. The summed E-state index contributed by atoms with van der Waals surface area (Å²) in [7, 11) is 1.72. The summed E-state index contributed by atoms with van der Waals surface area (Å²) >= 11 is 0. The lowest BCUT2D eigenvalue weighted by Gasteiger charge is -2.33. The molecule has 0 saturated carbocycles. The number of hydrogen-bond acceptors (Lipinski definition) is 6. The summed E-state index contributed by atoms with van der Waals surface area (Å²) in [5.41, 5.74) is 1.48. The van der Waals surface area contributed by atoms with Gasteiger partial charge in [-0.1, -0.05) is 30.3 Å². The number of rotatable bonds is 6. The molecular formula is C20H24N6O3. The first-order valence-corrected chi connectivity index (χ1v) is 9.62. The molecule has 2 aromatic heterocycles. The van der Waals surface area contributed by atoms with Gasteiger partial charge in [0.15, 0.2) is 5.65 Å². The maximum atomic E-state index is 12.5. The highest BCUT2D eigenvalue weighted by Crippen LogP contribution is 2.10. The van der Waals surface area contributed by atoms with Crippen LogP contribution < -0.4 is 10.9 Å². The van der Waals surface area contributed by atoms with Crippen LogP contribution in [0.1, 0.15) is 5.56 Å². The van der Waals surface area contributed by atoms with Crippen molar-refractivity contribution in [3.63, 3.8) is 0 Å². The van der Waals surface area contributed by atoms with Gasteiger partial charge in [-0.25, -0.2) is 4.98 Å². The molecule has 0 aliphatic carbocycles. The van der Waals surface area contributed by atoms with E-state index < -0.39 is 0 Å². The molecule has 1 N–H and O–H groups in total. The van der Waals surface area contributed by atoms with Gasteiger partial charge in [-0.15, -0.1) is 0 Å². The molecule has 1 aromatic carbocycles. The first-order valence-electron chi connectivity index (χ1n) is 9.62. The normalized spacial score (nSPS) is 17.5. The fourth-order valence-corrected chi connectivity index (χ4v) is 3.51. The van der Waals surface area contributed by atoms with Crippen LogP contribution in [0.4, 0.5) is 0 Å². The number of carbonyl (C=O) groups excluding carboxylic acids is 1. The maximum Gasteiger partial charge on any atom is 0.264 e. The standard InChI is InChI=1S/C20H24N6O3/c1-24-19-17(10-23-24)20(28)26(14-22-19)13-18(27)21-9-16-12-25(7-8-29-16)11-15-5-3-2-4-6-15/h2-6,10,14,16H,7-9,11-13H2,1H3,(H,21,27). The van der Waals surface area contributed by atoms with Crippen molar-refractivity contribution in [2.24, 2.45) is 7.05 Å². The van der Waals surface area contributed by atoms with Crippen molar-refractivity contribution >= 4 is 16.9 Å². The number of fused-ring (bicyclic) bond motifs is 1. The number of nitrogens with zero attached hydrogens (tertiary/aromatic N) is 5. The number of ether oxygens (including phenoxy) is 1. The number of morpholine rings is 1. The summed E-state index contributed by atoms with van der Waals surface area (Å²) in [4.78, 5) is 31.3. The lowest BCUT2D eigenvalue weighted by Crippen LogP contribution is -2.47. The number of hydrogen-bond donors (Lipinski definition) is 1. The van der Waals surface area contributed by atoms with Crippen molar-refractivity contribution in [3.05, 3.63) is 58.8 Å². The molecule has 29 heavy (non-hydrogen) atoms. The molecule has 1 aliphatic rings. The van der Waals surface area contributed by atoms with Crippen LogP contribution in [0.2, 0.25) is 0 Å². The van der Waals surface area contributed by atoms with E-state index in [1.807, 2.05) is 18.2 Å². The molecule has 1 aliphatic heterocycles. The number of benzene rings is 1. The molecular weight excluding hydrogens is 372 g/mol. The van der Waals surface area contributed by atoms with Gasteiger partial charge in [0.1, 0.15) is 18.3 Å². The van der Waals surface area contributed by atoms with Gasteiger partial charge in [-0.05, 0) is 5.56 Å². The molecule has 3 aromatic rings. The van der Waals surface area contributed by atoms with Crippen LogP contribution in [0.3, 0.4) is 0 Å². The number of aryl methyl sites for hydroxylation is 1. The van der Waals surface area contributed by atoms with Crippen LogP contribution in [-0.4, -0.2) is 62.5 Å². The lowest BCUT2D eigenvalue weighted by atomic mass is 10.2. The molecule has 9 nitrogen and oxygen atoms in total. The summed E-state index contributed by atoms with van der Waals surface area (Å²) < 4.78 is 8.61. The lowest BCUT2D eigenvalue weighted by molar-refractivity contribution is -0.123. The third-order valence-electron chi connectivity index (χ3n) is 5.03. The third-order valence-corrected chi connectivity index (χ3v) is 5.03. The van der Waals surface area contributed by atoms with Gasteiger partial charge < -0.3 is 10.1 Å². The van der Waals surface area contributed by atoms with Crippen LogP contribution in [0.15, 0.2) is 47.7 Å². The van der Waals surface area contributed by atoms with Crippen molar-refractivity contribution in [3.8, 4) is 0 Å². The van der Waals surface area contributed by atoms with Gasteiger partial charge in [0, 0.05) is 33.2 Å². The average molecular weight is 396 g/mol. The van der Waals surface area contributed by atoms with Crippen molar-refractivity contribution < 1.29 is 9.53 Å². The Balaban J connectivity index is 1.30. The van der Waals surface area contributed by atoms with E-state index in [-0.39, 0.29) is 24.1 Å². The minimum atomic E-state index is -0.277. The van der Waals surface area contributed by atoms with E-state index in [4.69, 9.17) is 4.74 Å². The highest BCUT2D eigenvalue weighted by Gasteiger charge is 2.21. The largest absolute Gasteiger partial charge is 0.374 e. The molecule has 3 heterocycles. The summed E-state index contributed by atoms with van der Waals surface area (Å²) in [5, 5.41) is 7.30. The van der Waals surface area contributed by atoms with Crippen LogP contribution >= 0.6 is 0 Å². The molecule has 1 atom stereocenters. The Hall–Kier alpha value is -3.04. The Morgan fingerprint density at radius 2 is 2.14 bits per heavy atom. The van der Waals surface area contributed by atoms with Crippen LogP contribution in [-0.2, 0) is 29.7 Å². The van der Waals surface area contributed by atoms with E-state index in [1.54, 1.807) is 7.05 Å². The van der Waals surface area contributed by atoms with Crippen molar-refractivity contribution in [1.29, 1.82) is 0 Å². The van der Waals surface area contributed by atoms with E-state index in [0.29, 0.717) is 24.2 Å². The van der Waals surface area contributed by atoms with Crippen molar-refractivity contribution in [2.75, 3.05) is 26.2 Å². The Morgan fingerprint density at radius 1 is 1.31 bits per heavy atom. The van der Waals surface area contributed by atoms with E-state index in [9.17, 15) is 9.59 Å². The molecule has 9 heteroatoms. The van der Waals surface area contributed by atoms with Gasteiger partial charge in [-0.3, -0.25) is 23.7 Å². The Labute approximate surface area is 167 Å². The summed E-state index contributed by atoms with van der Waals surface area (Å²) in [6.45, 7) is 3.43. The number of amides is 1. The summed E-state index contributed by atoms with van der Waals surface area (Å²) in [6.07, 6.45) is 2.77. The fraction of sp³-hybridized carbons (Fsp3) is 0.400. The van der Waals surface area contributed by atoms with E-state index in [1.165, 1.54) is 27.3 Å². The number of carbonyl (C=O) groups is 1. The SMILES string of the molecule is Cn1ncc2c(=O)n(CC(=O)NCC3CN(Cc4ccccc4)CCO3)cnc21. The topological polar surface area (TPSA) is 94.3 Å². The maximum absolute atomic E-state index is 12.5. The molecule has 0 radical (unpaired) electrons. The van der Waals surface area contributed by atoms with Crippen molar-refractivity contribution in [2.45, 2.75) is 19.2 Å². The molecule has 0 spiro atoms. The zero-order valence-corrected chi connectivity index (χ0v) is 16.3. The number of aromatic nitrogens is 4. The van der Waals surface area contributed by atoms with Crippen LogP contribution in [0.25, 0.3) is 11.0 Å². The molecule has 1 saturated heterocycles. The molecule has 1 fully saturated rings. The molecule has 1 amide bonds.